The molecule has 0 aliphatic heterocycles. The summed E-state index contributed by atoms with van der Waals surface area (Å²) < 4.78 is 10.5. The first-order chi connectivity index (χ1) is 12.8. The third-order valence-electron chi connectivity index (χ3n) is 3.78. The summed E-state index contributed by atoms with van der Waals surface area (Å²) in [5.41, 5.74) is 2.02. The topological polar surface area (TPSA) is 81.2 Å². The highest BCUT2D eigenvalue weighted by molar-refractivity contribution is 5.63. The summed E-state index contributed by atoms with van der Waals surface area (Å²) in [5, 5.41) is 14.4. The Morgan fingerprint density at radius 3 is 2.54 bits per heavy atom. The highest BCUT2D eigenvalue weighted by Crippen LogP contribution is 2.25. The van der Waals surface area contributed by atoms with Crippen molar-refractivity contribution in [2.75, 3.05) is 31.4 Å². The van der Waals surface area contributed by atoms with Crippen LogP contribution in [0.2, 0.25) is 0 Å². The van der Waals surface area contributed by atoms with E-state index in [-0.39, 0.29) is 0 Å². The van der Waals surface area contributed by atoms with Gasteiger partial charge in [-0.05, 0) is 36.2 Å². The van der Waals surface area contributed by atoms with E-state index < -0.39 is 0 Å². The van der Waals surface area contributed by atoms with Gasteiger partial charge in [0.1, 0.15) is 11.5 Å². The number of nitrogens with one attached hydrogen (secondary N) is 2. The Hall–Kier alpha value is -3.35. The number of hydrogen-bond acceptors (Lipinski definition) is 7. The lowest BCUT2D eigenvalue weighted by Gasteiger charge is -2.10. The second-order valence-electron chi connectivity index (χ2n) is 5.52. The zero-order valence-corrected chi connectivity index (χ0v) is 14.8. The van der Waals surface area contributed by atoms with Gasteiger partial charge in [-0.1, -0.05) is 24.3 Å². The number of nitrogens with zero attached hydrogens (tertiary/aromatic N) is 3. The predicted molar refractivity (Wildman–Crippen MR) is 101 cm³/mol. The average molecular weight is 351 g/mol. The average Bonchev–Trinajstić information content (AvgIpc) is 2.69. The van der Waals surface area contributed by atoms with Gasteiger partial charge in [-0.2, -0.15) is 10.1 Å². The smallest absolute Gasteiger partial charge is 0.244 e. The van der Waals surface area contributed by atoms with Crippen LogP contribution in [0.5, 0.6) is 11.5 Å². The molecule has 26 heavy (non-hydrogen) atoms. The summed E-state index contributed by atoms with van der Waals surface area (Å²) in [6, 6.07) is 15.6. The van der Waals surface area contributed by atoms with Gasteiger partial charge in [-0.15, -0.1) is 5.10 Å². The highest BCUT2D eigenvalue weighted by atomic mass is 16.5. The standard InChI is InChI=1S/C19H21N5O2/c1-25-15-9-7-14(8-10-15)11-12-20-19-23-18(13-21-24-19)22-16-5-3-4-6-17(16)26-2/h3-10,13H,11-12H2,1-2H3,(H2,20,22,23,24). The number of ether oxygens (including phenoxy) is 2. The maximum Gasteiger partial charge on any atom is 0.244 e. The maximum absolute atomic E-state index is 5.33. The molecule has 3 aromatic rings. The number of methoxy groups -OCH3 is 2. The van der Waals surface area contributed by atoms with Crippen molar-refractivity contribution in [3.63, 3.8) is 0 Å². The summed E-state index contributed by atoms with van der Waals surface area (Å²) >= 11 is 0. The molecule has 3 rings (SSSR count). The van der Waals surface area contributed by atoms with Crippen molar-refractivity contribution in [1.29, 1.82) is 0 Å². The molecule has 0 fully saturated rings. The molecule has 0 unspecified atom stereocenters. The number of aromatic nitrogens is 3. The normalized spacial score (nSPS) is 10.2. The minimum atomic E-state index is 0.471. The molecule has 134 valence electrons. The Bertz CT molecular complexity index is 839. The quantitative estimate of drug-likeness (QED) is 0.644. The van der Waals surface area contributed by atoms with Gasteiger partial charge < -0.3 is 20.1 Å². The molecular weight excluding hydrogens is 330 g/mol. The predicted octanol–water partition coefficient (Wildman–Crippen LogP) is 3.29. The van der Waals surface area contributed by atoms with Gasteiger partial charge >= 0.3 is 0 Å². The molecule has 0 aliphatic rings. The molecule has 0 atom stereocenters. The van der Waals surface area contributed by atoms with E-state index in [4.69, 9.17) is 9.47 Å². The molecule has 0 saturated heterocycles. The zero-order chi connectivity index (χ0) is 18.2. The van der Waals surface area contributed by atoms with Crippen LogP contribution in [0.1, 0.15) is 5.56 Å². The van der Waals surface area contributed by atoms with Crippen molar-refractivity contribution in [2.24, 2.45) is 0 Å². The lowest BCUT2D eigenvalue weighted by Crippen LogP contribution is -2.09. The Labute approximate surface area is 152 Å². The fraction of sp³-hybridized carbons (Fsp3) is 0.211. The fourth-order valence-corrected chi connectivity index (χ4v) is 2.44. The van der Waals surface area contributed by atoms with Gasteiger partial charge in [0.15, 0.2) is 5.82 Å². The maximum atomic E-state index is 5.33. The Balaban J connectivity index is 1.58. The van der Waals surface area contributed by atoms with Crippen LogP contribution >= 0.6 is 0 Å². The fourth-order valence-electron chi connectivity index (χ4n) is 2.44. The van der Waals surface area contributed by atoms with Crippen LogP contribution in [-0.4, -0.2) is 35.9 Å². The molecular formula is C19H21N5O2. The first-order valence-electron chi connectivity index (χ1n) is 8.25. The number of hydrogen-bond donors (Lipinski definition) is 2. The minimum absolute atomic E-state index is 0.471. The van der Waals surface area contributed by atoms with Gasteiger partial charge in [0.2, 0.25) is 5.95 Å². The largest absolute Gasteiger partial charge is 0.497 e. The summed E-state index contributed by atoms with van der Waals surface area (Å²) in [6.45, 7) is 0.701. The van der Waals surface area contributed by atoms with E-state index in [0.717, 1.165) is 23.6 Å². The molecule has 0 amide bonds. The molecule has 0 radical (unpaired) electrons. The third-order valence-corrected chi connectivity index (χ3v) is 3.78. The van der Waals surface area contributed by atoms with Crippen LogP contribution < -0.4 is 20.1 Å². The number of rotatable bonds is 8. The molecule has 2 N–H and O–H groups in total. The number of para-hydroxylation sites is 2. The Morgan fingerprint density at radius 1 is 0.962 bits per heavy atom. The van der Waals surface area contributed by atoms with Gasteiger partial charge in [-0.25, -0.2) is 0 Å². The van der Waals surface area contributed by atoms with Gasteiger partial charge in [-0.3, -0.25) is 0 Å². The van der Waals surface area contributed by atoms with Crippen LogP contribution in [0, 0.1) is 0 Å². The van der Waals surface area contributed by atoms with Crippen LogP contribution in [0.25, 0.3) is 0 Å². The zero-order valence-electron chi connectivity index (χ0n) is 14.8. The van der Waals surface area contributed by atoms with Crippen molar-refractivity contribution < 1.29 is 9.47 Å². The van der Waals surface area contributed by atoms with Crippen molar-refractivity contribution >= 4 is 17.5 Å². The van der Waals surface area contributed by atoms with Crippen molar-refractivity contribution in [1.82, 2.24) is 15.2 Å². The van der Waals surface area contributed by atoms with E-state index in [0.29, 0.717) is 18.3 Å². The van der Waals surface area contributed by atoms with Crippen LogP contribution in [-0.2, 0) is 6.42 Å². The number of benzene rings is 2. The molecule has 1 aromatic heterocycles. The molecule has 2 aromatic carbocycles. The molecule has 0 aliphatic carbocycles. The van der Waals surface area contributed by atoms with Gasteiger partial charge in [0, 0.05) is 6.54 Å². The van der Waals surface area contributed by atoms with Gasteiger partial charge in [0.05, 0.1) is 26.1 Å². The van der Waals surface area contributed by atoms with E-state index in [9.17, 15) is 0 Å². The highest BCUT2D eigenvalue weighted by Gasteiger charge is 2.05. The lowest BCUT2D eigenvalue weighted by molar-refractivity contribution is 0.414. The second-order valence-corrected chi connectivity index (χ2v) is 5.52. The summed E-state index contributed by atoms with van der Waals surface area (Å²) in [5.74, 6) is 2.65. The van der Waals surface area contributed by atoms with Crippen molar-refractivity contribution in [3.05, 3.63) is 60.3 Å². The van der Waals surface area contributed by atoms with E-state index in [1.54, 1.807) is 20.4 Å². The molecule has 7 heteroatoms. The summed E-state index contributed by atoms with van der Waals surface area (Å²) in [4.78, 5) is 4.43. The van der Waals surface area contributed by atoms with E-state index in [2.05, 4.69) is 25.8 Å². The molecule has 1 heterocycles. The first kappa shape index (κ1) is 17.5. The minimum Gasteiger partial charge on any atom is -0.497 e. The van der Waals surface area contributed by atoms with E-state index in [1.165, 1.54) is 5.56 Å². The SMILES string of the molecule is COc1ccc(CCNc2nncc(Nc3ccccc3OC)n2)cc1. The molecule has 0 bridgehead atoms. The third kappa shape index (κ3) is 4.60. The summed E-state index contributed by atoms with van der Waals surface area (Å²) in [7, 11) is 3.29. The van der Waals surface area contributed by atoms with Crippen LogP contribution in [0.3, 0.4) is 0 Å². The Kier molecular flexibility index (Phi) is 5.82. The monoisotopic (exact) mass is 351 g/mol. The van der Waals surface area contributed by atoms with Crippen LogP contribution in [0.4, 0.5) is 17.5 Å². The molecule has 0 saturated carbocycles. The summed E-state index contributed by atoms with van der Waals surface area (Å²) in [6.07, 6.45) is 2.42. The molecule has 0 spiro atoms. The number of anilines is 3. The van der Waals surface area contributed by atoms with Gasteiger partial charge in [0.25, 0.3) is 0 Å². The van der Waals surface area contributed by atoms with E-state index in [1.807, 2.05) is 48.5 Å². The Morgan fingerprint density at radius 2 is 1.77 bits per heavy atom. The first-order valence-corrected chi connectivity index (χ1v) is 8.25. The van der Waals surface area contributed by atoms with Crippen molar-refractivity contribution in [2.45, 2.75) is 6.42 Å². The second kappa shape index (κ2) is 8.66. The van der Waals surface area contributed by atoms with E-state index >= 15 is 0 Å². The molecule has 7 nitrogen and oxygen atoms in total. The lowest BCUT2D eigenvalue weighted by atomic mass is 10.1. The van der Waals surface area contributed by atoms with Crippen molar-refractivity contribution in [3.8, 4) is 11.5 Å². The van der Waals surface area contributed by atoms with Crippen LogP contribution in [0.15, 0.2) is 54.7 Å².